The minimum Gasteiger partial charge on any atom is -0.497 e. The topological polar surface area (TPSA) is 78.0 Å². The zero-order valence-corrected chi connectivity index (χ0v) is 18.5. The smallest absolute Gasteiger partial charge is 0.243 e. The van der Waals surface area contributed by atoms with Gasteiger partial charge in [0, 0.05) is 19.0 Å². The van der Waals surface area contributed by atoms with Gasteiger partial charge in [-0.25, -0.2) is 13.4 Å². The fraction of sp³-hybridized carbons (Fsp3) is 0.286. The third-order valence-electron chi connectivity index (χ3n) is 4.29. The molecule has 1 aromatic heterocycles. The van der Waals surface area contributed by atoms with Crippen molar-refractivity contribution < 1.29 is 22.6 Å². The number of hydrogen-bond donors (Lipinski definition) is 0. The predicted molar refractivity (Wildman–Crippen MR) is 115 cm³/mol. The summed E-state index contributed by atoms with van der Waals surface area (Å²) in [5.41, 5.74) is 0.667. The van der Waals surface area contributed by atoms with E-state index in [1.807, 2.05) is 35.7 Å². The average Bonchev–Trinajstić information content (AvgIpc) is 3.23. The molecule has 0 bridgehead atoms. The molecule has 0 amide bonds. The standard InChI is InChI=1S/C21H24N2O5S2/c1-26-13-12-23(30(24,25)20-10-8-18(27-2)9-11-20)14-17-16-29-21(22-17)15-28-19-6-4-3-5-7-19/h3-11,16H,12-15H2,1-2H3. The van der Waals surface area contributed by atoms with Crippen LogP contribution in [0.5, 0.6) is 11.5 Å². The molecule has 0 fully saturated rings. The molecular formula is C21H24N2O5S2. The van der Waals surface area contributed by atoms with E-state index in [4.69, 9.17) is 14.2 Å². The number of rotatable bonds is 11. The minimum atomic E-state index is -3.71. The molecule has 160 valence electrons. The fourth-order valence-electron chi connectivity index (χ4n) is 2.70. The van der Waals surface area contributed by atoms with Crippen LogP contribution >= 0.6 is 11.3 Å². The third-order valence-corrected chi connectivity index (χ3v) is 7.02. The van der Waals surface area contributed by atoms with Crippen molar-refractivity contribution in [3.05, 3.63) is 70.7 Å². The van der Waals surface area contributed by atoms with Gasteiger partial charge in [-0.05, 0) is 36.4 Å². The van der Waals surface area contributed by atoms with Gasteiger partial charge in [0.25, 0.3) is 0 Å². The summed E-state index contributed by atoms with van der Waals surface area (Å²) < 4.78 is 43.6. The lowest BCUT2D eigenvalue weighted by Gasteiger charge is -2.21. The lowest BCUT2D eigenvalue weighted by atomic mass is 10.3. The first-order valence-corrected chi connectivity index (χ1v) is 11.6. The number of thiazole rings is 1. The van der Waals surface area contributed by atoms with Gasteiger partial charge < -0.3 is 14.2 Å². The van der Waals surface area contributed by atoms with Crippen molar-refractivity contribution in [3.63, 3.8) is 0 Å². The Hall–Kier alpha value is -2.46. The maximum absolute atomic E-state index is 13.1. The molecular weight excluding hydrogens is 424 g/mol. The second kappa shape index (κ2) is 10.5. The van der Waals surface area contributed by atoms with Crippen LogP contribution in [0.1, 0.15) is 10.7 Å². The Morgan fingerprint density at radius 2 is 1.73 bits per heavy atom. The van der Waals surface area contributed by atoms with Gasteiger partial charge in [0.05, 0.1) is 30.9 Å². The van der Waals surface area contributed by atoms with E-state index in [9.17, 15) is 8.42 Å². The minimum absolute atomic E-state index is 0.152. The number of sulfonamides is 1. The molecule has 0 radical (unpaired) electrons. The first-order valence-electron chi connectivity index (χ1n) is 9.27. The van der Waals surface area contributed by atoms with E-state index in [0.717, 1.165) is 10.8 Å². The van der Waals surface area contributed by atoms with Crippen LogP contribution in [0.2, 0.25) is 0 Å². The summed E-state index contributed by atoms with van der Waals surface area (Å²) in [5, 5.41) is 2.63. The van der Waals surface area contributed by atoms with E-state index in [1.165, 1.54) is 34.9 Å². The molecule has 1 heterocycles. The molecule has 0 saturated heterocycles. The van der Waals surface area contributed by atoms with Crippen molar-refractivity contribution in [2.75, 3.05) is 27.4 Å². The first-order chi connectivity index (χ1) is 14.5. The van der Waals surface area contributed by atoms with E-state index in [1.54, 1.807) is 19.2 Å². The fourth-order valence-corrected chi connectivity index (χ4v) is 4.80. The lowest BCUT2D eigenvalue weighted by molar-refractivity contribution is 0.177. The van der Waals surface area contributed by atoms with Gasteiger partial charge in [-0.3, -0.25) is 0 Å². The van der Waals surface area contributed by atoms with Crippen LogP contribution in [0.15, 0.2) is 64.9 Å². The molecule has 7 nitrogen and oxygen atoms in total. The predicted octanol–water partition coefficient (Wildman–Crippen LogP) is 3.57. The Labute approximate surface area is 180 Å². The Bertz CT molecular complexity index is 1020. The van der Waals surface area contributed by atoms with Gasteiger partial charge in [0.2, 0.25) is 10.0 Å². The molecule has 2 aromatic carbocycles. The largest absolute Gasteiger partial charge is 0.497 e. The van der Waals surface area contributed by atoms with E-state index in [0.29, 0.717) is 18.1 Å². The van der Waals surface area contributed by atoms with Crippen LogP contribution in [-0.4, -0.2) is 45.1 Å². The molecule has 3 rings (SSSR count). The summed E-state index contributed by atoms with van der Waals surface area (Å²) >= 11 is 1.44. The SMILES string of the molecule is COCCN(Cc1csc(COc2ccccc2)n1)S(=O)(=O)c1ccc(OC)cc1. The third kappa shape index (κ3) is 5.79. The van der Waals surface area contributed by atoms with E-state index in [-0.39, 0.29) is 24.6 Å². The molecule has 0 aliphatic rings. The Balaban J connectivity index is 1.72. The van der Waals surface area contributed by atoms with Crippen LogP contribution in [-0.2, 0) is 27.9 Å². The van der Waals surface area contributed by atoms with Crippen LogP contribution in [0.25, 0.3) is 0 Å². The number of methoxy groups -OCH3 is 2. The van der Waals surface area contributed by atoms with E-state index in [2.05, 4.69) is 4.98 Å². The van der Waals surface area contributed by atoms with Crippen LogP contribution in [0.4, 0.5) is 0 Å². The molecule has 30 heavy (non-hydrogen) atoms. The summed E-state index contributed by atoms with van der Waals surface area (Å²) in [6.07, 6.45) is 0. The Kier molecular flexibility index (Phi) is 7.81. The normalized spacial score (nSPS) is 11.6. The summed E-state index contributed by atoms with van der Waals surface area (Å²) in [5.74, 6) is 1.36. The summed E-state index contributed by atoms with van der Waals surface area (Å²) in [7, 11) is -0.632. The highest BCUT2D eigenvalue weighted by Crippen LogP contribution is 2.22. The quantitative estimate of drug-likeness (QED) is 0.446. The maximum Gasteiger partial charge on any atom is 0.243 e. The number of ether oxygens (including phenoxy) is 3. The van der Waals surface area contributed by atoms with Gasteiger partial charge in [0.15, 0.2) is 0 Å². The van der Waals surface area contributed by atoms with Crippen molar-refractivity contribution in [3.8, 4) is 11.5 Å². The summed E-state index contributed by atoms with van der Waals surface area (Å²) in [4.78, 5) is 4.73. The molecule has 3 aromatic rings. The molecule has 0 unspecified atom stereocenters. The van der Waals surface area contributed by atoms with Gasteiger partial charge in [-0.15, -0.1) is 11.3 Å². The van der Waals surface area contributed by atoms with E-state index < -0.39 is 10.0 Å². The number of hydrogen-bond acceptors (Lipinski definition) is 7. The van der Waals surface area contributed by atoms with Crippen molar-refractivity contribution >= 4 is 21.4 Å². The summed E-state index contributed by atoms with van der Waals surface area (Å²) in [6, 6.07) is 15.8. The first kappa shape index (κ1) is 22.2. The van der Waals surface area contributed by atoms with Gasteiger partial charge in [-0.1, -0.05) is 18.2 Å². The zero-order valence-electron chi connectivity index (χ0n) is 16.9. The average molecular weight is 449 g/mol. The van der Waals surface area contributed by atoms with Gasteiger partial charge >= 0.3 is 0 Å². The number of aromatic nitrogens is 1. The number of para-hydroxylation sites is 1. The second-order valence-corrected chi connectivity index (χ2v) is 9.22. The van der Waals surface area contributed by atoms with Gasteiger partial charge in [-0.2, -0.15) is 4.31 Å². The molecule has 0 saturated carbocycles. The molecule has 0 N–H and O–H groups in total. The van der Waals surface area contributed by atoms with Crippen molar-refractivity contribution in [2.45, 2.75) is 18.0 Å². The van der Waals surface area contributed by atoms with E-state index >= 15 is 0 Å². The molecule has 0 spiro atoms. The lowest BCUT2D eigenvalue weighted by Crippen LogP contribution is -2.33. The highest BCUT2D eigenvalue weighted by atomic mass is 32.2. The van der Waals surface area contributed by atoms with Crippen molar-refractivity contribution in [1.82, 2.24) is 9.29 Å². The maximum atomic E-state index is 13.1. The Morgan fingerprint density at radius 3 is 2.40 bits per heavy atom. The highest BCUT2D eigenvalue weighted by molar-refractivity contribution is 7.89. The Morgan fingerprint density at radius 1 is 1.00 bits per heavy atom. The molecule has 0 atom stereocenters. The van der Waals surface area contributed by atoms with Crippen LogP contribution < -0.4 is 9.47 Å². The van der Waals surface area contributed by atoms with Crippen molar-refractivity contribution in [1.29, 1.82) is 0 Å². The summed E-state index contributed by atoms with van der Waals surface area (Å²) in [6.45, 7) is 0.985. The van der Waals surface area contributed by atoms with Crippen LogP contribution in [0.3, 0.4) is 0 Å². The number of benzene rings is 2. The molecule has 0 aliphatic carbocycles. The second-order valence-electron chi connectivity index (χ2n) is 6.34. The number of nitrogens with zero attached hydrogens (tertiary/aromatic N) is 2. The molecule has 9 heteroatoms. The van der Waals surface area contributed by atoms with Crippen LogP contribution in [0, 0.1) is 0 Å². The monoisotopic (exact) mass is 448 g/mol. The highest BCUT2D eigenvalue weighted by Gasteiger charge is 2.25. The molecule has 0 aliphatic heterocycles. The van der Waals surface area contributed by atoms with Crippen molar-refractivity contribution in [2.24, 2.45) is 0 Å². The van der Waals surface area contributed by atoms with Gasteiger partial charge in [0.1, 0.15) is 23.1 Å². The zero-order chi connectivity index (χ0) is 21.4.